The van der Waals surface area contributed by atoms with Gasteiger partial charge < -0.3 is 5.32 Å². The molecule has 1 rings (SSSR count). The molecule has 1 aromatic carbocycles. The van der Waals surface area contributed by atoms with Crippen LogP contribution in [0.25, 0.3) is 0 Å². The molecule has 0 aromatic heterocycles. The third kappa shape index (κ3) is 4.53. The molecule has 1 aromatic rings. The fourth-order valence-corrected chi connectivity index (χ4v) is 1.59. The number of hydrogen-bond acceptors (Lipinski definition) is 3. The highest BCUT2D eigenvalue weighted by molar-refractivity contribution is 5.94. The third-order valence-electron chi connectivity index (χ3n) is 2.66. The minimum Gasteiger partial charge on any atom is -0.352 e. The Balaban J connectivity index is 2.39. The van der Waals surface area contributed by atoms with Gasteiger partial charge in [0.15, 0.2) is 0 Å². The first kappa shape index (κ1) is 14.2. The summed E-state index contributed by atoms with van der Waals surface area (Å²) in [5.74, 6) is -0.179. The molecule has 0 unspecified atom stereocenters. The van der Waals surface area contributed by atoms with Gasteiger partial charge in [-0.25, -0.2) is 0 Å². The Morgan fingerprint density at radius 2 is 1.89 bits per heavy atom. The zero-order valence-corrected chi connectivity index (χ0v) is 10.5. The van der Waals surface area contributed by atoms with Crippen LogP contribution in [0.2, 0.25) is 0 Å². The summed E-state index contributed by atoms with van der Waals surface area (Å²) in [4.78, 5) is 21.7. The molecule has 0 bridgehead atoms. The second-order valence-electron chi connectivity index (χ2n) is 4.12. The minimum atomic E-state index is -0.480. The third-order valence-corrected chi connectivity index (χ3v) is 2.66. The SMILES string of the molecule is CCCCCCNC(=O)c1ccc([N+](=O)[O-])cc1. The smallest absolute Gasteiger partial charge is 0.269 e. The molecule has 0 aliphatic carbocycles. The van der Waals surface area contributed by atoms with Crippen molar-refractivity contribution in [3.8, 4) is 0 Å². The molecular weight excluding hydrogens is 232 g/mol. The average Bonchev–Trinajstić information content (AvgIpc) is 2.38. The fourth-order valence-electron chi connectivity index (χ4n) is 1.59. The van der Waals surface area contributed by atoms with Crippen LogP contribution in [0, 0.1) is 10.1 Å². The van der Waals surface area contributed by atoms with Crippen molar-refractivity contribution < 1.29 is 9.72 Å². The highest BCUT2D eigenvalue weighted by Crippen LogP contribution is 2.11. The van der Waals surface area contributed by atoms with Crippen molar-refractivity contribution in [1.29, 1.82) is 0 Å². The molecule has 5 nitrogen and oxygen atoms in total. The number of nitro benzene ring substituents is 1. The van der Waals surface area contributed by atoms with Gasteiger partial charge in [0.05, 0.1) is 4.92 Å². The zero-order valence-electron chi connectivity index (χ0n) is 10.5. The van der Waals surface area contributed by atoms with Gasteiger partial charge in [-0.3, -0.25) is 14.9 Å². The summed E-state index contributed by atoms with van der Waals surface area (Å²) in [5, 5.41) is 13.3. The molecule has 98 valence electrons. The van der Waals surface area contributed by atoms with Crippen molar-refractivity contribution in [2.24, 2.45) is 0 Å². The first-order valence-electron chi connectivity index (χ1n) is 6.17. The number of nitro groups is 1. The number of benzene rings is 1. The van der Waals surface area contributed by atoms with Gasteiger partial charge >= 0.3 is 0 Å². The number of carbonyl (C=O) groups is 1. The van der Waals surface area contributed by atoms with E-state index in [1.165, 1.54) is 30.7 Å². The van der Waals surface area contributed by atoms with Gasteiger partial charge in [0.2, 0.25) is 0 Å². The predicted molar refractivity (Wildman–Crippen MR) is 69.6 cm³/mol. The van der Waals surface area contributed by atoms with Crippen molar-refractivity contribution in [2.75, 3.05) is 6.54 Å². The van der Waals surface area contributed by atoms with E-state index in [0.717, 1.165) is 19.3 Å². The summed E-state index contributed by atoms with van der Waals surface area (Å²) in [5.41, 5.74) is 0.450. The maximum absolute atomic E-state index is 11.7. The van der Waals surface area contributed by atoms with E-state index in [1.807, 2.05) is 0 Å². The summed E-state index contributed by atoms with van der Waals surface area (Å²) in [6.45, 7) is 2.78. The Morgan fingerprint density at radius 1 is 1.22 bits per heavy atom. The first-order chi connectivity index (χ1) is 8.65. The van der Waals surface area contributed by atoms with Crippen molar-refractivity contribution >= 4 is 11.6 Å². The Morgan fingerprint density at radius 3 is 2.44 bits per heavy atom. The normalized spacial score (nSPS) is 10.1. The second-order valence-corrected chi connectivity index (χ2v) is 4.12. The summed E-state index contributed by atoms with van der Waals surface area (Å²) in [6.07, 6.45) is 4.41. The summed E-state index contributed by atoms with van der Waals surface area (Å²) in [6, 6.07) is 5.62. The highest BCUT2D eigenvalue weighted by atomic mass is 16.6. The molecule has 0 aliphatic heterocycles. The molecule has 0 saturated carbocycles. The molecule has 0 radical (unpaired) electrons. The highest BCUT2D eigenvalue weighted by Gasteiger charge is 2.08. The van der Waals surface area contributed by atoms with Crippen molar-refractivity contribution in [2.45, 2.75) is 32.6 Å². The number of non-ortho nitro benzene ring substituents is 1. The lowest BCUT2D eigenvalue weighted by molar-refractivity contribution is -0.384. The lowest BCUT2D eigenvalue weighted by atomic mass is 10.2. The van der Waals surface area contributed by atoms with Crippen LogP contribution in [-0.4, -0.2) is 17.4 Å². The molecule has 0 spiro atoms. The van der Waals surface area contributed by atoms with Gasteiger partial charge in [0, 0.05) is 24.2 Å². The topological polar surface area (TPSA) is 72.2 Å². The van der Waals surface area contributed by atoms with Crippen LogP contribution in [0.3, 0.4) is 0 Å². The number of unbranched alkanes of at least 4 members (excludes halogenated alkanes) is 3. The largest absolute Gasteiger partial charge is 0.352 e. The van der Waals surface area contributed by atoms with Gasteiger partial charge in [0.1, 0.15) is 0 Å². The molecule has 1 N–H and O–H groups in total. The predicted octanol–water partition coefficient (Wildman–Crippen LogP) is 2.90. The quantitative estimate of drug-likeness (QED) is 0.459. The van der Waals surface area contributed by atoms with E-state index in [1.54, 1.807) is 0 Å². The first-order valence-corrected chi connectivity index (χ1v) is 6.17. The van der Waals surface area contributed by atoms with Gasteiger partial charge in [-0.15, -0.1) is 0 Å². The van der Waals surface area contributed by atoms with E-state index in [0.29, 0.717) is 12.1 Å². The maximum atomic E-state index is 11.7. The summed E-state index contributed by atoms with van der Waals surface area (Å²) >= 11 is 0. The Kier molecular flexibility index (Phi) is 5.84. The molecule has 0 fully saturated rings. The van der Waals surface area contributed by atoms with Crippen molar-refractivity contribution in [3.63, 3.8) is 0 Å². The van der Waals surface area contributed by atoms with Crippen LogP contribution >= 0.6 is 0 Å². The standard InChI is InChI=1S/C13H18N2O3/c1-2-3-4-5-10-14-13(16)11-6-8-12(9-7-11)15(17)18/h6-9H,2-5,10H2,1H3,(H,14,16). The van der Waals surface area contributed by atoms with Crippen LogP contribution in [0.5, 0.6) is 0 Å². The van der Waals surface area contributed by atoms with Crippen LogP contribution in [0.15, 0.2) is 24.3 Å². The molecule has 5 heteroatoms. The molecule has 0 atom stereocenters. The average molecular weight is 250 g/mol. The van der Waals surface area contributed by atoms with Gasteiger partial charge in [-0.2, -0.15) is 0 Å². The van der Waals surface area contributed by atoms with E-state index in [2.05, 4.69) is 12.2 Å². The number of hydrogen-bond donors (Lipinski definition) is 1. The summed E-state index contributed by atoms with van der Waals surface area (Å²) < 4.78 is 0. The van der Waals surface area contributed by atoms with Crippen molar-refractivity contribution in [3.05, 3.63) is 39.9 Å². The number of amides is 1. The lowest BCUT2D eigenvalue weighted by Crippen LogP contribution is -2.24. The number of nitrogens with zero attached hydrogens (tertiary/aromatic N) is 1. The van der Waals surface area contributed by atoms with Crippen LogP contribution in [0.4, 0.5) is 5.69 Å². The monoisotopic (exact) mass is 250 g/mol. The Labute approximate surface area is 106 Å². The molecule has 1 amide bonds. The van der Waals surface area contributed by atoms with Crippen LogP contribution < -0.4 is 5.32 Å². The fraction of sp³-hybridized carbons (Fsp3) is 0.462. The van der Waals surface area contributed by atoms with E-state index in [-0.39, 0.29) is 11.6 Å². The van der Waals surface area contributed by atoms with E-state index in [9.17, 15) is 14.9 Å². The van der Waals surface area contributed by atoms with E-state index >= 15 is 0 Å². The minimum absolute atomic E-state index is 0.00510. The number of rotatable bonds is 7. The molecule has 0 heterocycles. The number of nitrogens with one attached hydrogen (secondary N) is 1. The molecular formula is C13H18N2O3. The molecule has 0 aliphatic rings. The van der Waals surface area contributed by atoms with Crippen LogP contribution in [0.1, 0.15) is 43.0 Å². The van der Waals surface area contributed by atoms with E-state index in [4.69, 9.17) is 0 Å². The molecule has 0 saturated heterocycles. The Hall–Kier alpha value is -1.91. The van der Waals surface area contributed by atoms with Crippen molar-refractivity contribution in [1.82, 2.24) is 5.32 Å². The zero-order chi connectivity index (χ0) is 13.4. The molecule has 18 heavy (non-hydrogen) atoms. The Bertz CT molecular complexity index is 401. The van der Waals surface area contributed by atoms with Gasteiger partial charge in [-0.1, -0.05) is 26.2 Å². The van der Waals surface area contributed by atoms with Gasteiger partial charge in [0.25, 0.3) is 11.6 Å². The van der Waals surface area contributed by atoms with Crippen LogP contribution in [-0.2, 0) is 0 Å². The van der Waals surface area contributed by atoms with Gasteiger partial charge in [-0.05, 0) is 18.6 Å². The van der Waals surface area contributed by atoms with E-state index < -0.39 is 4.92 Å². The maximum Gasteiger partial charge on any atom is 0.269 e. The second kappa shape index (κ2) is 7.42. The summed E-state index contributed by atoms with van der Waals surface area (Å²) in [7, 11) is 0. The lowest BCUT2D eigenvalue weighted by Gasteiger charge is -2.04. The number of carbonyl (C=O) groups excluding carboxylic acids is 1.